The Morgan fingerprint density at radius 1 is 1.35 bits per heavy atom. The van der Waals surface area contributed by atoms with Crippen LogP contribution in [-0.4, -0.2) is 16.7 Å². The second-order valence-corrected chi connectivity index (χ2v) is 8.16. The standard InChI is InChI=1S/C21H28N2O2S/c1-6-7-8-9-18(23-20(24)25-21(3,4)5)16-10-12-17(13-11-16)19-15(2)22-14-26-19/h6,10-14,18H,1,7-9H2,2-5H3,(H,23,24)/t18-/m0/s1. The number of hydrogen-bond donors (Lipinski definition) is 1. The van der Waals surface area contributed by atoms with E-state index >= 15 is 0 Å². The molecule has 1 atom stereocenters. The van der Waals surface area contributed by atoms with Gasteiger partial charge in [-0.25, -0.2) is 9.78 Å². The van der Waals surface area contributed by atoms with Crippen LogP contribution >= 0.6 is 11.3 Å². The molecule has 140 valence electrons. The molecule has 0 saturated carbocycles. The van der Waals surface area contributed by atoms with Crippen molar-refractivity contribution in [2.45, 2.75) is 58.6 Å². The molecule has 5 heteroatoms. The monoisotopic (exact) mass is 372 g/mol. The van der Waals surface area contributed by atoms with Crippen LogP contribution in [0.15, 0.2) is 42.4 Å². The number of nitrogens with one attached hydrogen (secondary N) is 1. The third-order valence-electron chi connectivity index (χ3n) is 3.91. The van der Waals surface area contributed by atoms with E-state index < -0.39 is 5.60 Å². The van der Waals surface area contributed by atoms with Gasteiger partial charge in [-0.05, 0) is 58.1 Å². The van der Waals surface area contributed by atoms with Crippen LogP contribution in [0, 0.1) is 6.92 Å². The van der Waals surface area contributed by atoms with Crippen molar-refractivity contribution in [2.75, 3.05) is 0 Å². The van der Waals surface area contributed by atoms with Gasteiger partial charge in [0.05, 0.1) is 22.1 Å². The van der Waals surface area contributed by atoms with E-state index in [0.29, 0.717) is 0 Å². The van der Waals surface area contributed by atoms with Gasteiger partial charge in [-0.1, -0.05) is 30.3 Å². The van der Waals surface area contributed by atoms with E-state index in [9.17, 15) is 4.79 Å². The number of amides is 1. The van der Waals surface area contributed by atoms with E-state index in [1.807, 2.05) is 39.3 Å². The SMILES string of the molecule is C=CCCC[C@H](NC(=O)OC(C)(C)C)c1ccc(-c2scnc2C)cc1. The van der Waals surface area contributed by atoms with Gasteiger partial charge < -0.3 is 10.1 Å². The normalized spacial score (nSPS) is 12.5. The maximum atomic E-state index is 12.2. The van der Waals surface area contributed by atoms with E-state index in [4.69, 9.17) is 4.74 Å². The fraction of sp³-hybridized carbons (Fsp3) is 0.429. The van der Waals surface area contributed by atoms with E-state index in [1.165, 1.54) is 4.88 Å². The summed E-state index contributed by atoms with van der Waals surface area (Å²) in [5, 5.41) is 3.01. The van der Waals surface area contributed by atoms with Gasteiger partial charge in [-0.3, -0.25) is 0 Å². The van der Waals surface area contributed by atoms with Crippen molar-refractivity contribution in [3.8, 4) is 10.4 Å². The minimum atomic E-state index is -0.511. The Kier molecular flexibility index (Phi) is 6.98. The molecule has 0 aliphatic heterocycles. The molecule has 2 aromatic rings. The van der Waals surface area contributed by atoms with E-state index in [-0.39, 0.29) is 12.1 Å². The van der Waals surface area contributed by atoms with E-state index in [0.717, 1.165) is 36.1 Å². The third-order valence-corrected chi connectivity index (χ3v) is 4.89. The molecule has 0 fully saturated rings. The summed E-state index contributed by atoms with van der Waals surface area (Å²) in [6, 6.07) is 8.25. The smallest absolute Gasteiger partial charge is 0.408 e. The average Bonchev–Trinajstić information content (AvgIpc) is 2.99. The number of carbonyl (C=O) groups excluding carboxylic acids is 1. The number of aryl methyl sites for hydroxylation is 1. The number of alkyl carbamates (subject to hydrolysis) is 1. The van der Waals surface area contributed by atoms with Crippen molar-refractivity contribution in [1.29, 1.82) is 0 Å². The number of benzene rings is 1. The minimum Gasteiger partial charge on any atom is -0.444 e. The highest BCUT2D eigenvalue weighted by Gasteiger charge is 2.20. The number of nitrogens with zero attached hydrogens (tertiary/aromatic N) is 1. The first-order valence-electron chi connectivity index (χ1n) is 8.91. The van der Waals surface area contributed by atoms with Gasteiger partial charge in [0.2, 0.25) is 0 Å². The van der Waals surface area contributed by atoms with Crippen LogP contribution in [0.1, 0.15) is 57.3 Å². The highest BCUT2D eigenvalue weighted by molar-refractivity contribution is 7.13. The van der Waals surface area contributed by atoms with Gasteiger partial charge in [-0.15, -0.1) is 17.9 Å². The molecule has 1 heterocycles. The van der Waals surface area contributed by atoms with Crippen LogP contribution in [0.5, 0.6) is 0 Å². The van der Waals surface area contributed by atoms with Crippen LogP contribution in [0.4, 0.5) is 4.79 Å². The van der Waals surface area contributed by atoms with E-state index in [1.54, 1.807) is 11.3 Å². The quantitative estimate of drug-likeness (QED) is 0.476. The number of allylic oxidation sites excluding steroid dienone is 1. The summed E-state index contributed by atoms with van der Waals surface area (Å²) in [6.07, 6.45) is 4.23. The summed E-state index contributed by atoms with van der Waals surface area (Å²) in [5.41, 5.74) is 4.61. The van der Waals surface area contributed by atoms with Crippen molar-refractivity contribution in [3.63, 3.8) is 0 Å². The Labute approximate surface area is 160 Å². The van der Waals surface area contributed by atoms with Crippen molar-refractivity contribution < 1.29 is 9.53 Å². The van der Waals surface area contributed by atoms with Crippen molar-refractivity contribution in [1.82, 2.24) is 10.3 Å². The van der Waals surface area contributed by atoms with Gasteiger partial charge in [0.1, 0.15) is 5.60 Å². The van der Waals surface area contributed by atoms with Gasteiger partial charge in [0.15, 0.2) is 0 Å². The van der Waals surface area contributed by atoms with Crippen LogP contribution in [0.3, 0.4) is 0 Å². The molecule has 1 amide bonds. The van der Waals surface area contributed by atoms with E-state index in [2.05, 4.69) is 41.1 Å². The second-order valence-electron chi connectivity index (χ2n) is 7.31. The maximum absolute atomic E-state index is 12.2. The lowest BCUT2D eigenvalue weighted by Crippen LogP contribution is -2.35. The second kappa shape index (κ2) is 8.99. The Bertz CT molecular complexity index is 729. The van der Waals surface area contributed by atoms with Gasteiger partial charge >= 0.3 is 6.09 Å². The third kappa shape index (κ3) is 5.99. The largest absolute Gasteiger partial charge is 0.444 e. The molecule has 0 saturated heterocycles. The molecule has 0 spiro atoms. The van der Waals surface area contributed by atoms with Gasteiger partial charge in [-0.2, -0.15) is 0 Å². The number of aromatic nitrogens is 1. The molecule has 0 radical (unpaired) electrons. The van der Waals surface area contributed by atoms with Crippen LogP contribution in [0.2, 0.25) is 0 Å². The molecule has 4 nitrogen and oxygen atoms in total. The zero-order chi connectivity index (χ0) is 19.2. The number of hydrogen-bond acceptors (Lipinski definition) is 4. The molecule has 0 bridgehead atoms. The molecule has 0 aliphatic carbocycles. The van der Waals surface area contributed by atoms with Crippen molar-refractivity contribution in [2.24, 2.45) is 0 Å². The van der Waals surface area contributed by atoms with Crippen LogP contribution in [-0.2, 0) is 4.74 Å². The number of unbranched alkanes of at least 4 members (excludes halogenated alkanes) is 1. The number of carbonyl (C=O) groups is 1. The topological polar surface area (TPSA) is 51.2 Å². The van der Waals surface area contributed by atoms with Gasteiger partial charge in [0, 0.05) is 0 Å². The summed E-state index contributed by atoms with van der Waals surface area (Å²) in [7, 11) is 0. The predicted molar refractivity (Wildman–Crippen MR) is 108 cm³/mol. The number of ether oxygens (including phenoxy) is 1. The molecule has 2 rings (SSSR count). The Balaban J connectivity index is 2.14. The lowest BCUT2D eigenvalue weighted by Gasteiger charge is -2.24. The predicted octanol–water partition coefficient (Wildman–Crippen LogP) is 6.04. The molecule has 1 N–H and O–H groups in total. The fourth-order valence-corrected chi connectivity index (χ4v) is 3.50. The highest BCUT2D eigenvalue weighted by Crippen LogP contribution is 2.29. The highest BCUT2D eigenvalue weighted by atomic mass is 32.1. The maximum Gasteiger partial charge on any atom is 0.408 e. The van der Waals surface area contributed by atoms with Crippen LogP contribution in [0.25, 0.3) is 10.4 Å². The lowest BCUT2D eigenvalue weighted by atomic mass is 9.99. The van der Waals surface area contributed by atoms with Crippen LogP contribution < -0.4 is 5.32 Å². The first kappa shape index (κ1) is 20.2. The minimum absolute atomic E-state index is 0.0820. The summed E-state index contributed by atoms with van der Waals surface area (Å²) >= 11 is 1.64. The first-order valence-corrected chi connectivity index (χ1v) is 9.79. The molecular weight excluding hydrogens is 344 g/mol. The molecular formula is C21H28N2O2S. The van der Waals surface area contributed by atoms with Crippen molar-refractivity contribution in [3.05, 3.63) is 53.7 Å². The Morgan fingerprint density at radius 3 is 2.58 bits per heavy atom. The van der Waals surface area contributed by atoms with Crippen molar-refractivity contribution >= 4 is 17.4 Å². The zero-order valence-electron chi connectivity index (χ0n) is 16.0. The molecule has 0 unspecified atom stereocenters. The lowest BCUT2D eigenvalue weighted by molar-refractivity contribution is 0.0500. The molecule has 0 aliphatic rings. The first-order chi connectivity index (χ1) is 12.3. The summed E-state index contributed by atoms with van der Waals surface area (Å²) in [6.45, 7) is 11.4. The summed E-state index contributed by atoms with van der Waals surface area (Å²) in [4.78, 5) is 17.7. The summed E-state index contributed by atoms with van der Waals surface area (Å²) < 4.78 is 5.42. The molecule has 26 heavy (non-hydrogen) atoms. The van der Waals surface area contributed by atoms with Gasteiger partial charge in [0.25, 0.3) is 0 Å². The number of thiazole rings is 1. The molecule has 1 aromatic heterocycles. The zero-order valence-corrected chi connectivity index (χ0v) is 16.9. The average molecular weight is 373 g/mol. The summed E-state index contributed by atoms with van der Waals surface area (Å²) in [5.74, 6) is 0. The fourth-order valence-electron chi connectivity index (χ4n) is 2.68. The Hall–Kier alpha value is -2.14. The molecule has 1 aromatic carbocycles. The Morgan fingerprint density at radius 2 is 2.04 bits per heavy atom. The number of rotatable bonds is 7.